The van der Waals surface area contributed by atoms with E-state index in [1.54, 1.807) is 23.6 Å². The molecule has 0 fully saturated rings. The predicted molar refractivity (Wildman–Crippen MR) is 114 cm³/mol. The third-order valence-electron chi connectivity index (χ3n) is 4.59. The van der Waals surface area contributed by atoms with Gasteiger partial charge in [-0.2, -0.15) is 0 Å². The number of carbonyl (C=O) groups is 1. The lowest BCUT2D eigenvalue weighted by Gasteiger charge is -2.21. The molecular weight excluding hydrogens is 398 g/mol. The Morgan fingerprint density at radius 1 is 1.03 bits per heavy atom. The molecule has 30 heavy (non-hydrogen) atoms. The zero-order valence-corrected chi connectivity index (χ0v) is 17.3. The molecule has 152 valence electrons. The number of pyridine rings is 1. The van der Waals surface area contributed by atoms with E-state index in [2.05, 4.69) is 15.2 Å². The van der Waals surface area contributed by atoms with Crippen molar-refractivity contribution in [2.24, 2.45) is 7.05 Å². The van der Waals surface area contributed by atoms with Crippen molar-refractivity contribution < 1.29 is 9.21 Å². The van der Waals surface area contributed by atoms with Gasteiger partial charge in [-0.25, -0.2) is 0 Å². The number of carbonyl (C=O) groups excluding carboxylic acids is 1. The Hall–Kier alpha value is -3.39. The van der Waals surface area contributed by atoms with Gasteiger partial charge < -0.3 is 13.9 Å². The van der Waals surface area contributed by atoms with Gasteiger partial charge >= 0.3 is 0 Å². The second-order valence-corrected chi connectivity index (χ2v) is 7.65. The summed E-state index contributed by atoms with van der Waals surface area (Å²) in [5.41, 5.74) is 2.00. The number of thioether (sulfide) groups is 1. The number of hydrogen-bond donors (Lipinski definition) is 0. The Bertz CT molecular complexity index is 1080. The molecule has 7 nitrogen and oxygen atoms in total. The summed E-state index contributed by atoms with van der Waals surface area (Å²) in [6, 6.07) is 17.4. The second-order valence-electron chi connectivity index (χ2n) is 6.70. The number of nitrogens with zero attached hydrogens (tertiary/aromatic N) is 5. The maximum Gasteiger partial charge on any atom is 0.233 e. The van der Waals surface area contributed by atoms with E-state index in [4.69, 9.17) is 4.42 Å². The summed E-state index contributed by atoms with van der Waals surface area (Å²) in [5, 5.41) is 9.20. The van der Waals surface area contributed by atoms with Crippen molar-refractivity contribution in [1.29, 1.82) is 0 Å². The molecule has 0 unspecified atom stereocenters. The fourth-order valence-electron chi connectivity index (χ4n) is 3.04. The Morgan fingerprint density at radius 2 is 1.83 bits per heavy atom. The number of rotatable bonds is 8. The lowest BCUT2D eigenvalue weighted by molar-refractivity contribution is -0.129. The number of amides is 1. The monoisotopic (exact) mass is 419 g/mol. The van der Waals surface area contributed by atoms with E-state index in [0.29, 0.717) is 18.2 Å². The van der Waals surface area contributed by atoms with E-state index in [9.17, 15) is 4.79 Å². The molecule has 8 heteroatoms. The molecule has 3 heterocycles. The minimum atomic E-state index is 0.00807. The van der Waals surface area contributed by atoms with Gasteiger partial charge in [-0.15, -0.1) is 10.2 Å². The highest BCUT2D eigenvalue weighted by Crippen LogP contribution is 2.23. The lowest BCUT2D eigenvalue weighted by atomic mass is 10.2. The summed E-state index contributed by atoms with van der Waals surface area (Å²) in [7, 11) is 1.90. The molecule has 4 aromatic rings. The van der Waals surface area contributed by atoms with Crippen LogP contribution in [0.4, 0.5) is 0 Å². The molecule has 0 aliphatic rings. The van der Waals surface area contributed by atoms with Crippen LogP contribution in [0, 0.1) is 0 Å². The van der Waals surface area contributed by atoms with Gasteiger partial charge in [0.25, 0.3) is 0 Å². The van der Waals surface area contributed by atoms with E-state index in [1.165, 1.54) is 11.8 Å². The van der Waals surface area contributed by atoms with Gasteiger partial charge in [0.2, 0.25) is 5.91 Å². The first kappa shape index (κ1) is 19.9. The molecular formula is C22H21N5O2S. The van der Waals surface area contributed by atoms with Crippen molar-refractivity contribution in [2.45, 2.75) is 18.2 Å². The van der Waals surface area contributed by atoms with E-state index in [-0.39, 0.29) is 11.7 Å². The average molecular weight is 420 g/mol. The van der Waals surface area contributed by atoms with Gasteiger partial charge in [0, 0.05) is 31.5 Å². The van der Waals surface area contributed by atoms with Crippen LogP contribution in [0.5, 0.6) is 0 Å². The molecule has 0 aliphatic heterocycles. The van der Waals surface area contributed by atoms with E-state index in [0.717, 1.165) is 22.7 Å². The number of hydrogen-bond acceptors (Lipinski definition) is 6. The van der Waals surface area contributed by atoms with Crippen LogP contribution in [0.2, 0.25) is 0 Å². The molecule has 0 atom stereocenters. The molecule has 0 radical (unpaired) electrons. The molecule has 0 saturated heterocycles. The number of benzene rings is 1. The minimum Gasteiger partial charge on any atom is -0.467 e. The number of furan rings is 1. The number of aromatic nitrogens is 4. The topological polar surface area (TPSA) is 77.0 Å². The van der Waals surface area contributed by atoms with Crippen LogP contribution in [-0.4, -0.2) is 36.3 Å². The zero-order chi connectivity index (χ0) is 20.8. The van der Waals surface area contributed by atoms with Gasteiger partial charge in [-0.1, -0.05) is 42.1 Å². The summed E-state index contributed by atoms with van der Waals surface area (Å²) in [4.78, 5) is 18.9. The molecule has 1 amide bonds. The maximum absolute atomic E-state index is 13.0. The van der Waals surface area contributed by atoms with Crippen molar-refractivity contribution >= 4 is 17.7 Å². The Labute approximate surface area is 178 Å². The smallest absolute Gasteiger partial charge is 0.233 e. The van der Waals surface area contributed by atoms with Crippen molar-refractivity contribution in [2.75, 3.05) is 5.75 Å². The van der Waals surface area contributed by atoms with Crippen LogP contribution < -0.4 is 0 Å². The van der Waals surface area contributed by atoms with Crippen molar-refractivity contribution in [3.63, 3.8) is 0 Å². The fraction of sp³-hybridized carbons (Fsp3) is 0.182. The Kier molecular flexibility index (Phi) is 6.24. The van der Waals surface area contributed by atoms with Gasteiger partial charge in [0.05, 0.1) is 18.6 Å². The fourth-order valence-corrected chi connectivity index (χ4v) is 3.85. The predicted octanol–water partition coefficient (Wildman–Crippen LogP) is 3.79. The highest BCUT2D eigenvalue weighted by atomic mass is 32.2. The molecule has 1 aromatic carbocycles. The molecule has 0 spiro atoms. The summed E-state index contributed by atoms with van der Waals surface area (Å²) in [6.07, 6.45) is 5.06. The summed E-state index contributed by atoms with van der Waals surface area (Å²) >= 11 is 1.37. The van der Waals surface area contributed by atoms with Crippen molar-refractivity contribution in [1.82, 2.24) is 24.6 Å². The van der Waals surface area contributed by atoms with Crippen molar-refractivity contribution in [3.05, 3.63) is 84.6 Å². The lowest BCUT2D eigenvalue weighted by Crippen LogP contribution is -2.31. The minimum absolute atomic E-state index is 0.00807. The van der Waals surface area contributed by atoms with E-state index in [1.807, 2.05) is 66.2 Å². The summed E-state index contributed by atoms with van der Waals surface area (Å²) in [5.74, 6) is 1.76. The standard InChI is InChI=1S/C22H21N5O2S/c1-26-21(18-9-11-23-12-10-18)24-25-22(26)30-16-20(28)27(15-19-8-5-13-29-19)14-17-6-3-2-4-7-17/h2-13H,14-16H2,1H3. The normalized spacial score (nSPS) is 10.8. The highest BCUT2D eigenvalue weighted by Gasteiger charge is 2.18. The molecule has 0 saturated carbocycles. The van der Waals surface area contributed by atoms with Gasteiger partial charge in [0.15, 0.2) is 11.0 Å². The van der Waals surface area contributed by atoms with Crippen LogP contribution in [0.15, 0.2) is 82.8 Å². The molecule has 0 bridgehead atoms. The first-order chi connectivity index (χ1) is 14.7. The third kappa shape index (κ3) is 4.77. The molecule has 0 N–H and O–H groups in total. The highest BCUT2D eigenvalue weighted by molar-refractivity contribution is 7.99. The van der Waals surface area contributed by atoms with Crippen LogP contribution in [-0.2, 0) is 24.9 Å². The largest absolute Gasteiger partial charge is 0.467 e. The van der Waals surface area contributed by atoms with Crippen LogP contribution in [0.1, 0.15) is 11.3 Å². The SMILES string of the molecule is Cn1c(SCC(=O)N(Cc2ccccc2)Cc2ccco2)nnc1-c1ccncc1. The zero-order valence-electron chi connectivity index (χ0n) is 16.5. The molecule has 4 rings (SSSR count). The molecule has 0 aliphatic carbocycles. The van der Waals surface area contributed by atoms with Crippen LogP contribution in [0.3, 0.4) is 0 Å². The Balaban J connectivity index is 1.45. The van der Waals surface area contributed by atoms with Gasteiger partial charge in [-0.05, 0) is 29.8 Å². The first-order valence-corrected chi connectivity index (χ1v) is 10.5. The van der Waals surface area contributed by atoms with Crippen LogP contribution >= 0.6 is 11.8 Å². The summed E-state index contributed by atoms with van der Waals surface area (Å²) in [6.45, 7) is 0.935. The van der Waals surface area contributed by atoms with Gasteiger partial charge in [-0.3, -0.25) is 9.78 Å². The van der Waals surface area contributed by atoms with Crippen molar-refractivity contribution in [3.8, 4) is 11.4 Å². The van der Waals surface area contributed by atoms with Gasteiger partial charge in [0.1, 0.15) is 5.76 Å². The Morgan fingerprint density at radius 3 is 2.57 bits per heavy atom. The third-order valence-corrected chi connectivity index (χ3v) is 5.60. The first-order valence-electron chi connectivity index (χ1n) is 9.47. The van der Waals surface area contributed by atoms with Crippen LogP contribution in [0.25, 0.3) is 11.4 Å². The molecule has 3 aromatic heterocycles. The quantitative estimate of drug-likeness (QED) is 0.405. The van der Waals surface area contributed by atoms with E-state index >= 15 is 0 Å². The average Bonchev–Trinajstić information content (AvgIpc) is 3.42. The van der Waals surface area contributed by atoms with E-state index < -0.39 is 0 Å². The maximum atomic E-state index is 13.0. The second kappa shape index (κ2) is 9.41. The summed E-state index contributed by atoms with van der Waals surface area (Å²) < 4.78 is 7.34.